The lowest BCUT2D eigenvalue weighted by Crippen LogP contribution is -2.57. The molecule has 2 N–H and O–H groups in total. The minimum absolute atomic E-state index is 0.0269. The molecule has 2 unspecified atom stereocenters. The van der Waals surface area contributed by atoms with E-state index < -0.39 is 40.0 Å². The Morgan fingerprint density at radius 2 is 1.83 bits per heavy atom. The summed E-state index contributed by atoms with van der Waals surface area (Å²) in [6, 6.07) is 3.10. The molecule has 1 aliphatic carbocycles. The van der Waals surface area contributed by atoms with Gasteiger partial charge in [0, 0.05) is 26.2 Å². The van der Waals surface area contributed by atoms with Crippen molar-refractivity contribution in [1.82, 2.24) is 14.5 Å². The van der Waals surface area contributed by atoms with Gasteiger partial charge in [-0.2, -0.15) is 4.31 Å². The molecule has 13 heteroatoms. The van der Waals surface area contributed by atoms with Crippen LogP contribution in [0.15, 0.2) is 23.1 Å². The van der Waals surface area contributed by atoms with Crippen molar-refractivity contribution in [3.8, 4) is 0 Å². The van der Waals surface area contributed by atoms with Crippen molar-refractivity contribution in [2.24, 2.45) is 5.92 Å². The number of carboxylic acid groups (broad SMARTS) is 1. The zero-order valence-electron chi connectivity index (χ0n) is 19.3. The van der Waals surface area contributed by atoms with Gasteiger partial charge >= 0.3 is 5.97 Å². The van der Waals surface area contributed by atoms with Gasteiger partial charge in [0.2, 0.25) is 15.9 Å². The fourth-order valence-electron chi connectivity index (χ4n) is 4.69. The maximum atomic E-state index is 13.5. The van der Waals surface area contributed by atoms with E-state index in [0.29, 0.717) is 0 Å². The van der Waals surface area contributed by atoms with Crippen LogP contribution in [-0.2, 0) is 29.1 Å². The average molecular weight is 550 g/mol. The van der Waals surface area contributed by atoms with Gasteiger partial charge in [-0.25, -0.2) is 8.42 Å². The molecule has 2 fully saturated rings. The molecule has 35 heavy (non-hydrogen) atoms. The maximum absolute atomic E-state index is 13.5. The van der Waals surface area contributed by atoms with Crippen LogP contribution in [0.4, 0.5) is 0 Å². The summed E-state index contributed by atoms with van der Waals surface area (Å²) < 4.78 is 32.8. The molecule has 0 bridgehead atoms. The number of methoxy groups -OCH3 is 1. The zero-order chi connectivity index (χ0) is 25.8. The van der Waals surface area contributed by atoms with Crippen molar-refractivity contribution < 1.29 is 32.6 Å². The molecule has 10 nitrogen and oxygen atoms in total. The normalized spacial score (nSPS) is 20.5. The number of nitrogens with zero attached hydrogens (tertiary/aromatic N) is 2. The zero-order valence-corrected chi connectivity index (χ0v) is 21.6. The monoisotopic (exact) mass is 549 g/mol. The van der Waals surface area contributed by atoms with Crippen molar-refractivity contribution in [2.45, 2.75) is 55.6 Å². The number of benzene rings is 1. The van der Waals surface area contributed by atoms with Gasteiger partial charge in [0.1, 0.15) is 6.61 Å². The van der Waals surface area contributed by atoms with Crippen LogP contribution >= 0.6 is 23.2 Å². The second-order valence-corrected chi connectivity index (χ2v) is 11.4. The van der Waals surface area contributed by atoms with E-state index in [0.717, 1.165) is 41.3 Å². The topological polar surface area (TPSA) is 133 Å². The SMILES string of the molecule is COCC(=O)N1CCN(S(=O)(=O)c2ccc(Cl)c(Cl)c2)C1C(=O)NC(CC(=O)O)C1CCCCC1. The predicted molar refractivity (Wildman–Crippen MR) is 128 cm³/mol. The number of aliphatic carboxylic acids is 1. The molecule has 2 atom stereocenters. The third-order valence-corrected chi connectivity index (χ3v) is 8.98. The second kappa shape index (κ2) is 11.9. The minimum atomic E-state index is -4.26. The van der Waals surface area contributed by atoms with Crippen LogP contribution in [0.1, 0.15) is 38.5 Å². The quantitative estimate of drug-likeness (QED) is 0.482. The number of sulfonamides is 1. The Balaban J connectivity index is 1.94. The van der Waals surface area contributed by atoms with Gasteiger partial charge in [-0.05, 0) is 37.0 Å². The van der Waals surface area contributed by atoms with E-state index in [9.17, 15) is 27.9 Å². The highest BCUT2D eigenvalue weighted by Gasteiger charge is 2.47. The smallest absolute Gasteiger partial charge is 0.305 e. The number of amides is 2. The number of hydrogen-bond acceptors (Lipinski definition) is 6. The lowest BCUT2D eigenvalue weighted by Gasteiger charge is -2.34. The van der Waals surface area contributed by atoms with Gasteiger partial charge in [-0.1, -0.05) is 42.5 Å². The Hall–Kier alpha value is -1.92. The van der Waals surface area contributed by atoms with E-state index in [1.165, 1.54) is 25.3 Å². The minimum Gasteiger partial charge on any atom is -0.481 e. The first-order valence-electron chi connectivity index (χ1n) is 11.3. The van der Waals surface area contributed by atoms with Crippen LogP contribution < -0.4 is 5.32 Å². The van der Waals surface area contributed by atoms with Gasteiger partial charge in [0.05, 0.1) is 21.4 Å². The Bertz CT molecular complexity index is 1060. The third-order valence-electron chi connectivity index (χ3n) is 6.39. The van der Waals surface area contributed by atoms with Crippen LogP contribution in [0, 0.1) is 5.92 Å². The number of carbonyl (C=O) groups excluding carboxylic acids is 2. The highest BCUT2D eigenvalue weighted by molar-refractivity contribution is 7.89. The molecule has 1 saturated carbocycles. The van der Waals surface area contributed by atoms with Crippen LogP contribution in [0.5, 0.6) is 0 Å². The molecular formula is C22H29Cl2N3O7S. The highest BCUT2D eigenvalue weighted by atomic mass is 35.5. The van der Waals surface area contributed by atoms with E-state index in [1.807, 2.05) is 0 Å². The third kappa shape index (κ3) is 6.45. The molecule has 1 saturated heterocycles. The number of rotatable bonds is 9. The molecule has 194 valence electrons. The lowest BCUT2D eigenvalue weighted by molar-refractivity contribution is -0.144. The molecule has 3 rings (SSSR count). The van der Waals surface area contributed by atoms with Crippen LogP contribution in [-0.4, -0.2) is 79.5 Å². The maximum Gasteiger partial charge on any atom is 0.305 e. The molecule has 1 heterocycles. The number of ether oxygens (including phenoxy) is 1. The first kappa shape index (κ1) is 27.7. The summed E-state index contributed by atoms with van der Waals surface area (Å²) in [7, 11) is -2.94. The highest BCUT2D eigenvalue weighted by Crippen LogP contribution is 2.31. The summed E-state index contributed by atoms with van der Waals surface area (Å²) in [5, 5.41) is 12.4. The second-order valence-electron chi connectivity index (χ2n) is 8.70. The van der Waals surface area contributed by atoms with Crippen molar-refractivity contribution in [2.75, 3.05) is 26.8 Å². The molecule has 2 amide bonds. The summed E-state index contributed by atoms with van der Waals surface area (Å²) in [5.74, 6) is -2.44. The van der Waals surface area contributed by atoms with Crippen molar-refractivity contribution in [3.05, 3.63) is 28.2 Å². The number of nitrogens with one attached hydrogen (secondary N) is 1. The van der Waals surface area contributed by atoms with Gasteiger partial charge in [0.25, 0.3) is 5.91 Å². The van der Waals surface area contributed by atoms with Gasteiger partial charge in [0.15, 0.2) is 6.17 Å². The molecule has 1 aliphatic heterocycles. The van der Waals surface area contributed by atoms with Gasteiger partial charge in [-0.3, -0.25) is 14.4 Å². The fourth-order valence-corrected chi connectivity index (χ4v) is 6.62. The Kier molecular flexibility index (Phi) is 9.39. The lowest BCUT2D eigenvalue weighted by atomic mass is 9.82. The molecular weight excluding hydrogens is 521 g/mol. The summed E-state index contributed by atoms with van der Waals surface area (Å²) in [5.41, 5.74) is 0. The van der Waals surface area contributed by atoms with Crippen LogP contribution in [0.2, 0.25) is 10.0 Å². The first-order chi connectivity index (χ1) is 16.6. The fraction of sp³-hybridized carbons (Fsp3) is 0.591. The van der Waals surface area contributed by atoms with E-state index in [4.69, 9.17) is 27.9 Å². The average Bonchev–Trinajstić information content (AvgIpc) is 3.27. The molecule has 0 aromatic heterocycles. The number of carbonyl (C=O) groups is 3. The summed E-state index contributed by atoms with van der Waals surface area (Å²) in [6.45, 7) is -0.511. The van der Waals surface area contributed by atoms with Crippen LogP contribution in [0.25, 0.3) is 0 Å². The van der Waals surface area contributed by atoms with Crippen LogP contribution in [0.3, 0.4) is 0 Å². The van der Waals surface area contributed by atoms with Crippen molar-refractivity contribution >= 4 is 51.0 Å². The first-order valence-corrected chi connectivity index (χ1v) is 13.5. The van der Waals surface area contributed by atoms with Gasteiger partial charge < -0.3 is 20.1 Å². The number of carboxylic acids is 1. The number of hydrogen-bond donors (Lipinski definition) is 2. The summed E-state index contributed by atoms with van der Waals surface area (Å²) in [6.07, 6.45) is 2.63. The van der Waals surface area contributed by atoms with Crippen molar-refractivity contribution in [1.29, 1.82) is 0 Å². The molecule has 1 aromatic carbocycles. The van der Waals surface area contributed by atoms with E-state index in [-0.39, 0.29) is 47.0 Å². The standard InChI is InChI=1S/C22H29Cl2N3O7S/c1-34-13-19(28)26-9-10-27(35(32,33)15-7-8-16(23)17(24)11-15)22(26)21(31)25-18(12-20(29)30)14-5-3-2-4-6-14/h7-8,11,14,18,22H,2-6,9-10,12-13H2,1H3,(H,25,31)(H,29,30). The summed E-state index contributed by atoms with van der Waals surface area (Å²) >= 11 is 11.9. The molecule has 2 aliphatic rings. The van der Waals surface area contributed by atoms with Gasteiger partial charge in [-0.15, -0.1) is 0 Å². The molecule has 0 radical (unpaired) electrons. The Morgan fingerprint density at radius 1 is 1.14 bits per heavy atom. The molecule has 1 aromatic rings. The molecule has 0 spiro atoms. The largest absolute Gasteiger partial charge is 0.481 e. The summed E-state index contributed by atoms with van der Waals surface area (Å²) in [4.78, 5) is 38.7. The number of halogens is 2. The van der Waals surface area contributed by atoms with E-state index in [2.05, 4.69) is 5.32 Å². The van der Waals surface area contributed by atoms with E-state index in [1.54, 1.807) is 0 Å². The predicted octanol–water partition coefficient (Wildman–Crippen LogP) is 2.34. The Labute approximate surface area is 214 Å². The van der Waals surface area contributed by atoms with Crippen molar-refractivity contribution in [3.63, 3.8) is 0 Å². The Morgan fingerprint density at radius 3 is 2.43 bits per heavy atom. The van der Waals surface area contributed by atoms with E-state index >= 15 is 0 Å².